The summed E-state index contributed by atoms with van der Waals surface area (Å²) in [6.07, 6.45) is 3.72. The summed E-state index contributed by atoms with van der Waals surface area (Å²) in [6, 6.07) is -1.03. The van der Waals surface area contributed by atoms with E-state index in [1.54, 1.807) is 0 Å². The lowest BCUT2D eigenvalue weighted by Gasteiger charge is -2.45. The molecule has 5 aliphatic rings. The van der Waals surface area contributed by atoms with Gasteiger partial charge < -0.3 is 45.3 Å². The number of thioether (sulfide) groups is 1. The largest absolute Gasteiger partial charge is 0.483 e. The lowest BCUT2D eigenvalue weighted by molar-refractivity contribution is -0.205. The first kappa shape index (κ1) is 34.6. The molecule has 1 amide bonds. The van der Waals surface area contributed by atoms with Crippen LogP contribution in [0.15, 0.2) is 12.2 Å². The molecule has 0 radical (unpaired) electrons. The van der Waals surface area contributed by atoms with Crippen molar-refractivity contribution in [2.45, 2.75) is 99.2 Å². The van der Waals surface area contributed by atoms with Gasteiger partial charge in [-0.15, -0.1) is 11.8 Å². The van der Waals surface area contributed by atoms with E-state index in [1.807, 2.05) is 6.08 Å². The van der Waals surface area contributed by atoms with E-state index in [0.29, 0.717) is 44.0 Å². The number of morpholine rings is 1. The van der Waals surface area contributed by atoms with E-state index in [4.69, 9.17) is 24.1 Å². The second kappa shape index (κ2) is 16.9. The van der Waals surface area contributed by atoms with Crippen LogP contribution in [0.4, 0.5) is 0 Å². The summed E-state index contributed by atoms with van der Waals surface area (Å²) in [7, 11) is 0. The molecular weight excluding hydrogens is 578 g/mol. The third-order valence-corrected chi connectivity index (χ3v) is 10.5. The van der Waals surface area contributed by atoms with Gasteiger partial charge in [0.2, 0.25) is 5.91 Å². The monoisotopic (exact) mass is 629 g/mol. The molecule has 0 aromatic rings. The number of allylic oxidation sites excluding steroid dienone is 1. The van der Waals surface area contributed by atoms with Crippen LogP contribution < -0.4 is 10.6 Å². The zero-order valence-electron chi connectivity index (χ0n) is 25.3. The lowest BCUT2D eigenvalue weighted by atomic mass is 9.85. The number of nitrogens with one attached hydrogen (secondary N) is 2. The molecule has 13 heteroatoms. The molecule has 0 saturated carbocycles. The zero-order chi connectivity index (χ0) is 30.9. The van der Waals surface area contributed by atoms with Crippen molar-refractivity contribution in [3.63, 3.8) is 0 Å². The molecule has 4 fully saturated rings. The summed E-state index contributed by atoms with van der Waals surface area (Å²) >= 11 is 1.50. The van der Waals surface area contributed by atoms with E-state index in [0.717, 1.165) is 45.4 Å². The highest BCUT2D eigenvalue weighted by molar-refractivity contribution is 8.00. The fourth-order valence-electron chi connectivity index (χ4n) is 7.06. The topological polar surface area (TPSA) is 170 Å². The number of nitrogens with zero attached hydrogens (tertiary/aromatic N) is 1. The Morgan fingerprint density at radius 2 is 1.81 bits per heavy atom. The summed E-state index contributed by atoms with van der Waals surface area (Å²) < 4.78 is 18.0. The average molecular weight is 630 g/mol. The highest BCUT2D eigenvalue weighted by atomic mass is 32.2. The van der Waals surface area contributed by atoms with Crippen LogP contribution in [-0.2, 0) is 23.8 Å². The summed E-state index contributed by atoms with van der Waals surface area (Å²) in [6.45, 7) is 9.65. The number of carboxylic acid groups (broad SMARTS) is 1. The van der Waals surface area contributed by atoms with Crippen molar-refractivity contribution < 1.29 is 44.2 Å². The molecule has 2 bridgehead atoms. The van der Waals surface area contributed by atoms with Crippen LogP contribution in [-0.4, -0.2) is 137 Å². The number of rotatable bonds is 6. The number of ether oxygens (including phenoxy) is 3. The first-order valence-electron chi connectivity index (χ1n) is 15.7. The number of hydrogen-bond acceptors (Lipinski definition) is 11. The smallest absolute Gasteiger partial charge is 0.290 e. The van der Waals surface area contributed by atoms with Crippen molar-refractivity contribution in [1.82, 2.24) is 15.5 Å². The van der Waals surface area contributed by atoms with Crippen molar-refractivity contribution in [3.8, 4) is 0 Å². The third-order valence-electron chi connectivity index (χ3n) is 9.13. The Hall–Kier alpha value is -1.29. The Morgan fingerprint density at radius 3 is 2.53 bits per heavy atom. The molecule has 0 aromatic carbocycles. The van der Waals surface area contributed by atoms with Crippen LogP contribution >= 0.6 is 11.8 Å². The molecular formula is C30H51N3O9S. The number of carbonyl (C=O) groups excluding carboxylic acids is 1. The minimum absolute atomic E-state index is 0.148. The van der Waals surface area contributed by atoms with Gasteiger partial charge in [0, 0.05) is 38.0 Å². The maximum Gasteiger partial charge on any atom is 0.290 e. The van der Waals surface area contributed by atoms with E-state index in [9.17, 15) is 20.1 Å². The van der Waals surface area contributed by atoms with E-state index >= 15 is 0 Å². The lowest BCUT2D eigenvalue weighted by Crippen LogP contribution is -2.64. The molecule has 5 heterocycles. The van der Waals surface area contributed by atoms with Crippen LogP contribution in [0, 0.1) is 17.8 Å². The first-order chi connectivity index (χ1) is 20.7. The van der Waals surface area contributed by atoms with Gasteiger partial charge in [-0.2, -0.15) is 0 Å². The summed E-state index contributed by atoms with van der Waals surface area (Å²) in [5, 5.41) is 46.1. The second-order valence-electron chi connectivity index (χ2n) is 12.8. The SMILES string of the molecule is CC(C)C[C@@H]1CCO[C@@H]2[C@H](CN[C@@H]2C(=O)N[C@@H]2CC=CC[C@@H](CN3CCOCC3)S[C@H]3O[C@H]2[C@H](O)[C@H](O)[C@H]3O)C1.O=CO. The molecule has 0 aromatic heterocycles. The fraction of sp³-hybridized carbons (Fsp3) is 0.867. The molecule has 0 spiro atoms. The van der Waals surface area contributed by atoms with Crippen molar-refractivity contribution in [3.05, 3.63) is 12.2 Å². The van der Waals surface area contributed by atoms with Gasteiger partial charge in [0.15, 0.2) is 0 Å². The van der Waals surface area contributed by atoms with Crippen LogP contribution in [0.2, 0.25) is 0 Å². The molecule has 4 saturated heterocycles. The molecule has 43 heavy (non-hydrogen) atoms. The van der Waals surface area contributed by atoms with E-state index in [1.165, 1.54) is 18.2 Å². The Bertz CT molecular complexity index is 908. The van der Waals surface area contributed by atoms with Crippen LogP contribution in [0.1, 0.15) is 46.0 Å². The van der Waals surface area contributed by atoms with Gasteiger partial charge in [0.1, 0.15) is 35.9 Å². The molecule has 6 N–H and O–H groups in total. The third kappa shape index (κ3) is 9.36. The molecule has 0 aliphatic carbocycles. The number of aliphatic hydroxyl groups is 3. The van der Waals surface area contributed by atoms with Gasteiger partial charge in [-0.25, -0.2) is 0 Å². The standard InChI is InChI=1S/C29H49N3O7S.CH2O2/c1-17(2)13-18-7-10-38-26-19(14-18)15-30-22(26)28(36)31-21-6-4-3-5-20(16-32-8-11-37-12-9-32)40-29-25(35)23(33)24(34)27(21)39-29;2-1-3/h3-4,17-27,29-30,33-35H,5-16H2,1-2H3,(H,31,36);1H,(H,2,3)/t18-,19-,20-,21+,22-,23-,24+,25+,26+,27+,29+;/m0./s1. The normalized spacial score (nSPS) is 40.5. The van der Waals surface area contributed by atoms with E-state index in [-0.39, 0.29) is 23.7 Å². The van der Waals surface area contributed by atoms with Crippen molar-refractivity contribution >= 4 is 24.1 Å². The van der Waals surface area contributed by atoms with Gasteiger partial charge in [-0.3, -0.25) is 14.5 Å². The molecule has 0 unspecified atom stereocenters. The number of aliphatic hydroxyl groups excluding tert-OH is 3. The van der Waals surface area contributed by atoms with Crippen molar-refractivity contribution in [1.29, 1.82) is 0 Å². The Balaban J connectivity index is 0.00000135. The average Bonchev–Trinajstić information content (AvgIpc) is 3.27. The van der Waals surface area contributed by atoms with E-state index in [2.05, 4.69) is 35.5 Å². The van der Waals surface area contributed by atoms with Gasteiger partial charge >= 0.3 is 0 Å². The molecule has 12 nitrogen and oxygen atoms in total. The van der Waals surface area contributed by atoms with Crippen LogP contribution in [0.3, 0.4) is 0 Å². The summed E-state index contributed by atoms with van der Waals surface area (Å²) in [5.74, 6) is 1.38. The number of carbonyl (C=O) groups is 2. The van der Waals surface area contributed by atoms with Crippen molar-refractivity contribution in [2.75, 3.05) is 46.0 Å². The minimum Gasteiger partial charge on any atom is -0.483 e. The predicted molar refractivity (Wildman–Crippen MR) is 162 cm³/mol. The molecule has 246 valence electrons. The summed E-state index contributed by atoms with van der Waals surface area (Å²) in [5.41, 5.74) is -0.711. The van der Waals surface area contributed by atoms with Crippen LogP contribution in [0.5, 0.6) is 0 Å². The Morgan fingerprint density at radius 1 is 1.09 bits per heavy atom. The predicted octanol–water partition coefficient (Wildman–Crippen LogP) is 0.193. The minimum atomic E-state index is -1.36. The maximum absolute atomic E-state index is 13.6. The number of fused-ring (bicyclic) bond motifs is 3. The zero-order valence-corrected chi connectivity index (χ0v) is 26.1. The first-order valence-corrected chi connectivity index (χ1v) is 16.7. The highest BCUT2D eigenvalue weighted by Gasteiger charge is 2.49. The van der Waals surface area contributed by atoms with E-state index < -0.39 is 41.9 Å². The Labute approximate surface area is 258 Å². The van der Waals surface area contributed by atoms with Crippen molar-refractivity contribution in [2.24, 2.45) is 17.8 Å². The fourth-order valence-corrected chi connectivity index (χ4v) is 8.48. The molecule has 5 aliphatic heterocycles. The molecule has 11 atom stereocenters. The second-order valence-corrected chi connectivity index (χ2v) is 14.2. The van der Waals surface area contributed by atoms with Gasteiger partial charge in [-0.05, 0) is 49.9 Å². The van der Waals surface area contributed by atoms with Gasteiger partial charge in [0.25, 0.3) is 6.47 Å². The molecule has 5 rings (SSSR count). The maximum atomic E-state index is 13.6. The summed E-state index contributed by atoms with van der Waals surface area (Å²) in [4.78, 5) is 24.3. The highest BCUT2D eigenvalue weighted by Crippen LogP contribution is 2.36. The van der Waals surface area contributed by atoms with Gasteiger partial charge in [0.05, 0.1) is 25.4 Å². The van der Waals surface area contributed by atoms with Gasteiger partial charge in [-0.1, -0.05) is 26.0 Å². The quantitative estimate of drug-likeness (QED) is 0.175. The number of amides is 1. The number of hydrogen-bond donors (Lipinski definition) is 6. The Kier molecular flexibility index (Phi) is 13.6. The van der Waals surface area contributed by atoms with Crippen LogP contribution in [0.25, 0.3) is 0 Å².